The molecule has 29 heavy (non-hydrogen) atoms. The van der Waals surface area contributed by atoms with Gasteiger partial charge in [0.1, 0.15) is 11.5 Å². The Balaban J connectivity index is 1.63. The zero-order valence-electron chi connectivity index (χ0n) is 15.5. The van der Waals surface area contributed by atoms with Crippen molar-refractivity contribution in [3.8, 4) is 11.5 Å². The van der Waals surface area contributed by atoms with Crippen molar-refractivity contribution in [1.82, 2.24) is 5.43 Å². The molecule has 0 saturated heterocycles. The minimum Gasteiger partial charge on any atom is -0.497 e. The van der Waals surface area contributed by atoms with Gasteiger partial charge in [-0.15, -0.1) is 0 Å². The lowest BCUT2D eigenvalue weighted by Gasteiger charge is -2.06. The number of methoxy groups -OCH3 is 1. The number of carbonyl (C=O) groups is 2. The molecule has 146 valence electrons. The van der Waals surface area contributed by atoms with Gasteiger partial charge in [-0.1, -0.05) is 35.9 Å². The van der Waals surface area contributed by atoms with Crippen LogP contribution in [0.5, 0.6) is 11.5 Å². The third-order valence-corrected chi connectivity index (χ3v) is 4.22. The Labute approximate surface area is 172 Å². The average Bonchev–Trinajstić information content (AvgIpc) is 2.74. The summed E-state index contributed by atoms with van der Waals surface area (Å²) in [4.78, 5) is 24.3. The van der Waals surface area contributed by atoms with Crippen LogP contribution in [0.2, 0.25) is 5.02 Å². The number of nitrogens with zero attached hydrogens (tertiary/aromatic N) is 1. The van der Waals surface area contributed by atoms with Gasteiger partial charge in [0, 0.05) is 0 Å². The molecule has 0 radical (unpaired) electrons. The number of amides is 1. The highest BCUT2D eigenvalue weighted by molar-refractivity contribution is 6.33. The summed E-state index contributed by atoms with van der Waals surface area (Å²) in [6, 6.07) is 20.0. The smallest absolute Gasteiger partial charge is 0.343 e. The predicted molar refractivity (Wildman–Crippen MR) is 111 cm³/mol. The van der Waals surface area contributed by atoms with Crippen LogP contribution >= 0.6 is 11.6 Å². The molecule has 1 N–H and O–H groups in total. The first-order chi connectivity index (χ1) is 14.1. The van der Waals surface area contributed by atoms with E-state index >= 15 is 0 Å². The van der Waals surface area contributed by atoms with Gasteiger partial charge in [-0.25, -0.2) is 10.2 Å². The summed E-state index contributed by atoms with van der Waals surface area (Å²) >= 11 is 5.98. The Kier molecular flexibility index (Phi) is 6.60. The van der Waals surface area contributed by atoms with Crippen LogP contribution in [0.4, 0.5) is 0 Å². The van der Waals surface area contributed by atoms with Crippen molar-refractivity contribution in [3.05, 3.63) is 94.5 Å². The summed E-state index contributed by atoms with van der Waals surface area (Å²) in [6.45, 7) is 0. The Morgan fingerprint density at radius 2 is 1.72 bits per heavy atom. The molecule has 0 heterocycles. The summed E-state index contributed by atoms with van der Waals surface area (Å²) in [5.74, 6) is 0.0912. The van der Waals surface area contributed by atoms with E-state index in [2.05, 4.69) is 10.5 Å². The molecule has 0 saturated carbocycles. The standard InChI is InChI=1S/C22H17ClN2O4/c1-28-17-11-9-16(10-12-17)22(27)29-18-6-4-5-15(13-18)14-24-25-21(26)19-7-2-3-8-20(19)23/h2-14H,1H3,(H,25,26)/b24-14+. The number of hydrogen-bond acceptors (Lipinski definition) is 5. The van der Waals surface area contributed by atoms with E-state index in [9.17, 15) is 9.59 Å². The number of halogens is 1. The second-order valence-electron chi connectivity index (χ2n) is 5.87. The maximum Gasteiger partial charge on any atom is 0.343 e. The molecular formula is C22H17ClN2O4. The van der Waals surface area contributed by atoms with Crippen LogP contribution in [-0.2, 0) is 0 Å². The van der Waals surface area contributed by atoms with Crippen LogP contribution < -0.4 is 14.9 Å². The maximum atomic E-state index is 12.3. The highest BCUT2D eigenvalue weighted by Gasteiger charge is 2.10. The van der Waals surface area contributed by atoms with Crippen LogP contribution in [0.3, 0.4) is 0 Å². The van der Waals surface area contributed by atoms with Gasteiger partial charge in [0.05, 0.1) is 29.5 Å². The molecule has 6 nitrogen and oxygen atoms in total. The van der Waals surface area contributed by atoms with E-state index in [1.54, 1.807) is 79.9 Å². The molecule has 3 rings (SSSR count). The Bertz CT molecular complexity index is 1050. The van der Waals surface area contributed by atoms with Crippen LogP contribution in [0, 0.1) is 0 Å². The Morgan fingerprint density at radius 1 is 0.966 bits per heavy atom. The molecule has 1 amide bonds. The van der Waals surface area contributed by atoms with Crippen LogP contribution in [-0.4, -0.2) is 25.2 Å². The summed E-state index contributed by atoms with van der Waals surface area (Å²) in [7, 11) is 1.55. The molecule has 0 aromatic heterocycles. The first kappa shape index (κ1) is 20.1. The summed E-state index contributed by atoms with van der Waals surface area (Å²) < 4.78 is 10.4. The van der Waals surface area contributed by atoms with Crippen molar-refractivity contribution in [2.75, 3.05) is 7.11 Å². The van der Waals surface area contributed by atoms with Crippen molar-refractivity contribution < 1.29 is 19.1 Å². The monoisotopic (exact) mass is 408 g/mol. The Morgan fingerprint density at radius 3 is 2.45 bits per heavy atom. The molecule has 0 bridgehead atoms. The number of esters is 1. The number of hydrogen-bond donors (Lipinski definition) is 1. The number of ether oxygens (including phenoxy) is 2. The average molecular weight is 409 g/mol. The number of benzene rings is 3. The number of nitrogens with one attached hydrogen (secondary N) is 1. The van der Waals surface area contributed by atoms with E-state index in [4.69, 9.17) is 21.1 Å². The van der Waals surface area contributed by atoms with E-state index in [1.807, 2.05) is 0 Å². The normalized spacial score (nSPS) is 10.6. The van der Waals surface area contributed by atoms with Gasteiger partial charge in [0.15, 0.2) is 0 Å². The number of carbonyl (C=O) groups excluding carboxylic acids is 2. The molecular weight excluding hydrogens is 392 g/mol. The van der Waals surface area contributed by atoms with Crippen LogP contribution in [0.25, 0.3) is 0 Å². The molecule has 0 spiro atoms. The lowest BCUT2D eigenvalue weighted by molar-refractivity contribution is 0.0734. The molecule has 3 aromatic rings. The maximum absolute atomic E-state index is 12.3. The topological polar surface area (TPSA) is 77.0 Å². The van der Waals surface area contributed by atoms with Gasteiger partial charge < -0.3 is 9.47 Å². The lowest BCUT2D eigenvalue weighted by Crippen LogP contribution is -2.17. The zero-order valence-corrected chi connectivity index (χ0v) is 16.2. The van der Waals surface area contributed by atoms with Crippen LogP contribution in [0.15, 0.2) is 77.9 Å². The fourth-order valence-corrected chi connectivity index (χ4v) is 2.64. The van der Waals surface area contributed by atoms with Crippen molar-refractivity contribution in [2.45, 2.75) is 0 Å². The van der Waals surface area contributed by atoms with Gasteiger partial charge in [-0.2, -0.15) is 5.10 Å². The highest BCUT2D eigenvalue weighted by atomic mass is 35.5. The molecule has 0 atom stereocenters. The number of hydrazone groups is 1. The summed E-state index contributed by atoms with van der Waals surface area (Å²) in [5.41, 5.74) is 3.78. The minimum absolute atomic E-state index is 0.327. The first-order valence-corrected chi connectivity index (χ1v) is 8.99. The summed E-state index contributed by atoms with van der Waals surface area (Å²) in [6.07, 6.45) is 1.44. The molecule has 3 aromatic carbocycles. The van der Waals surface area contributed by atoms with Gasteiger partial charge in [-0.3, -0.25) is 4.79 Å². The van der Waals surface area contributed by atoms with Crippen LogP contribution in [0.1, 0.15) is 26.3 Å². The largest absolute Gasteiger partial charge is 0.497 e. The van der Waals surface area contributed by atoms with E-state index < -0.39 is 11.9 Å². The molecule has 0 fully saturated rings. The predicted octanol–water partition coefficient (Wildman–Crippen LogP) is 4.33. The third kappa shape index (κ3) is 5.43. The highest BCUT2D eigenvalue weighted by Crippen LogP contribution is 2.17. The van der Waals surface area contributed by atoms with Crippen molar-refractivity contribution >= 4 is 29.7 Å². The number of rotatable bonds is 6. The molecule has 0 aliphatic heterocycles. The molecule has 0 unspecified atom stereocenters. The van der Waals surface area contributed by atoms with Gasteiger partial charge >= 0.3 is 5.97 Å². The van der Waals surface area contributed by atoms with Crippen molar-refractivity contribution in [2.24, 2.45) is 5.10 Å². The van der Waals surface area contributed by atoms with E-state index in [-0.39, 0.29) is 0 Å². The SMILES string of the molecule is COc1ccc(C(=O)Oc2cccc(/C=N/NC(=O)c3ccccc3Cl)c2)cc1. The van der Waals surface area contributed by atoms with E-state index in [0.717, 1.165) is 0 Å². The van der Waals surface area contributed by atoms with Crippen molar-refractivity contribution in [1.29, 1.82) is 0 Å². The second kappa shape index (κ2) is 9.52. The van der Waals surface area contributed by atoms with E-state index in [1.165, 1.54) is 6.21 Å². The third-order valence-electron chi connectivity index (χ3n) is 3.89. The lowest BCUT2D eigenvalue weighted by atomic mass is 10.2. The van der Waals surface area contributed by atoms with Gasteiger partial charge in [0.25, 0.3) is 5.91 Å². The molecule has 0 aliphatic rings. The molecule has 0 aliphatic carbocycles. The summed E-state index contributed by atoms with van der Waals surface area (Å²) in [5, 5.41) is 4.26. The van der Waals surface area contributed by atoms with E-state index in [0.29, 0.717) is 33.2 Å². The van der Waals surface area contributed by atoms with Gasteiger partial charge in [0.2, 0.25) is 0 Å². The Hall–Kier alpha value is -3.64. The first-order valence-electron chi connectivity index (χ1n) is 8.61. The quantitative estimate of drug-likeness (QED) is 0.285. The van der Waals surface area contributed by atoms with Gasteiger partial charge in [-0.05, 0) is 54.1 Å². The zero-order chi connectivity index (χ0) is 20.6. The van der Waals surface area contributed by atoms with Crippen molar-refractivity contribution in [3.63, 3.8) is 0 Å². The minimum atomic E-state index is -0.492. The molecule has 7 heteroatoms. The fourth-order valence-electron chi connectivity index (χ4n) is 2.42. The second-order valence-corrected chi connectivity index (χ2v) is 6.28. The fraction of sp³-hybridized carbons (Fsp3) is 0.0455.